The molecular formula is C13H19NO2. The van der Waals surface area contributed by atoms with Crippen LogP contribution in [0.4, 0.5) is 4.79 Å². The molecule has 3 nitrogen and oxygen atoms in total. The summed E-state index contributed by atoms with van der Waals surface area (Å²) in [5.74, 6) is 3.68. The van der Waals surface area contributed by atoms with Crippen molar-refractivity contribution in [1.82, 2.24) is 4.90 Å². The highest BCUT2D eigenvalue weighted by Crippen LogP contribution is 2.42. The zero-order valence-corrected chi connectivity index (χ0v) is 10.2. The smallest absolute Gasteiger partial charge is 0.410 e. The van der Waals surface area contributed by atoms with Crippen molar-refractivity contribution in [1.29, 1.82) is 0 Å². The molecule has 0 radical (unpaired) electrons. The summed E-state index contributed by atoms with van der Waals surface area (Å²) in [6, 6.07) is 0.306. The molecule has 1 saturated heterocycles. The lowest BCUT2D eigenvalue weighted by molar-refractivity contribution is 0.0176. The van der Waals surface area contributed by atoms with Gasteiger partial charge in [0.1, 0.15) is 5.60 Å². The summed E-state index contributed by atoms with van der Waals surface area (Å²) in [4.78, 5) is 13.7. The van der Waals surface area contributed by atoms with Gasteiger partial charge in [-0.25, -0.2) is 4.79 Å². The van der Waals surface area contributed by atoms with Crippen LogP contribution in [0.15, 0.2) is 0 Å². The number of nitrogens with zero attached hydrogens (tertiary/aromatic N) is 1. The van der Waals surface area contributed by atoms with E-state index in [-0.39, 0.29) is 6.09 Å². The number of ether oxygens (including phenoxy) is 1. The Balaban J connectivity index is 1.96. The Hall–Kier alpha value is -1.17. The fraction of sp³-hybridized carbons (Fsp3) is 0.769. The Morgan fingerprint density at radius 2 is 2.12 bits per heavy atom. The molecule has 0 aromatic rings. The predicted molar refractivity (Wildman–Crippen MR) is 61.8 cm³/mol. The Morgan fingerprint density at radius 1 is 1.44 bits per heavy atom. The van der Waals surface area contributed by atoms with Crippen LogP contribution in [0.25, 0.3) is 0 Å². The second-order valence-corrected chi connectivity index (χ2v) is 5.79. The number of piperidine rings is 1. The summed E-state index contributed by atoms with van der Waals surface area (Å²) < 4.78 is 5.38. The molecule has 16 heavy (non-hydrogen) atoms. The van der Waals surface area contributed by atoms with E-state index < -0.39 is 5.60 Å². The molecule has 0 aromatic carbocycles. The van der Waals surface area contributed by atoms with Crippen molar-refractivity contribution in [3.8, 4) is 12.3 Å². The fourth-order valence-electron chi connectivity index (χ4n) is 2.70. The van der Waals surface area contributed by atoms with Crippen LogP contribution in [0.5, 0.6) is 0 Å². The Labute approximate surface area is 97.1 Å². The minimum atomic E-state index is -0.412. The summed E-state index contributed by atoms with van der Waals surface area (Å²) in [5, 5.41) is 0. The number of hydrogen-bond donors (Lipinski definition) is 0. The molecule has 1 aliphatic heterocycles. The molecule has 88 valence electrons. The molecule has 2 rings (SSSR count). The van der Waals surface area contributed by atoms with Crippen molar-refractivity contribution in [2.45, 2.75) is 45.3 Å². The van der Waals surface area contributed by atoms with Gasteiger partial charge in [0.2, 0.25) is 0 Å². The van der Waals surface area contributed by atoms with Gasteiger partial charge in [-0.05, 0) is 39.5 Å². The number of hydrogen-bond acceptors (Lipinski definition) is 2. The molecule has 0 spiro atoms. The maximum Gasteiger partial charge on any atom is 0.410 e. The first kappa shape index (κ1) is 11.3. The second kappa shape index (κ2) is 3.69. The average molecular weight is 221 g/mol. The first-order chi connectivity index (χ1) is 7.40. The molecule has 0 aromatic heterocycles. The largest absolute Gasteiger partial charge is 0.444 e. The minimum absolute atomic E-state index is 0.185. The lowest BCUT2D eigenvalue weighted by Crippen LogP contribution is -2.42. The third kappa shape index (κ3) is 2.02. The van der Waals surface area contributed by atoms with E-state index in [0.717, 1.165) is 19.4 Å². The predicted octanol–water partition coefficient (Wildman–Crippen LogP) is 2.27. The molecular weight excluding hydrogens is 202 g/mol. The van der Waals surface area contributed by atoms with Crippen LogP contribution in [0, 0.1) is 24.2 Å². The molecule has 3 heteroatoms. The number of carbonyl (C=O) groups excluding carboxylic acids is 1. The summed E-state index contributed by atoms with van der Waals surface area (Å²) in [6.45, 7) is 6.45. The lowest BCUT2D eigenvalue weighted by Gasteiger charge is -2.31. The van der Waals surface area contributed by atoms with Crippen LogP contribution in [0.3, 0.4) is 0 Å². The van der Waals surface area contributed by atoms with Gasteiger partial charge < -0.3 is 9.64 Å². The van der Waals surface area contributed by atoms with E-state index in [1.807, 2.05) is 25.7 Å². The topological polar surface area (TPSA) is 29.5 Å². The molecule has 1 amide bonds. The van der Waals surface area contributed by atoms with E-state index in [1.165, 1.54) is 0 Å². The summed E-state index contributed by atoms with van der Waals surface area (Å²) in [7, 11) is 0. The fourth-order valence-corrected chi connectivity index (χ4v) is 2.70. The normalized spacial score (nSPS) is 32.6. The number of carbonyl (C=O) groups is 1. The van der Waals surface area contributed by atoms with E-state index in [9.17, 15) is 4.79 Å². The van der Waals surface area contributed by atoms with Crippen LogP contribution in [0.1, 0.15) is 33.6 Å². The summed E-state index contributed by atoms with van der Waals surface area (Å²) in [6.07, 6.45) is 7.27. The van der Waals surface area contributed by atoms with Gasteiger partial charge >= 0.3 is 6.09 Å². The zero-order chi connectivity index (χ0) is 11.9. The van der Waals surface area contributed by atoms with Gasteiger partial charge in [0.25, 0.3) is 0 Å². The Morgan fingerprint density at radius 3 is 2.56 bits per heavy atom. The van der Waals surface area contributed by atoms with E-state index in [1.54, 1.807) is 0 Å². The maximum atomic E-state index is 11.9. The van der Waals surface area contributed by atoms with Crippen LogP contribution in [0.2, 0.25) is 0 Å². The number of amides is 1. The van der Waals surface area contributed by atoms with Gasteiger partial charge in [-0.3, -0.25) is 0 Å². The van der Waals surface area contributed by atoms with Crippen molar-refractivity contribution < 1.29 is 9.53 Å². The zero-order valence-electron chi connectivity index (χ0n) is 10.2. The lowest BCUT2D eigenvalue weighted by atomic mass is 9.96. The van der Waals surface area contributed by atoms with Crippen molar-refractivity contribution in [3.05, 3.63) is 0 Å². The number of rotatable bonds is 0. The summed E-state index contributed by atoms with van der Waals surface area (Å²) in [5.41, 5.74) is -0.412. The van der Waals surface area contributed by atoms with Gasteiger partial charge in [-0.1, -0.05) is 0 Å². The number of terminal acetylenes is 1. The van der Waals surface area contributed by atoms with E-state index >= 15 is 0 Å². The standard InChI is InChI=1S/C13H19NO2/c1-5-9-6-11-7-10(9)8-14(11)12(15)16-13(2,3)4/h1,9-11H,6-8H2,2-4H3/t9-,10-,11+/m1/s1. The molecule has 1 aliphatic carbocycles. The molecule has 1 heterocycles. The first-order valence-electron chi connectivity index (χ1n) is 5.86. The van der Waals surface area contributed by atoms with Crippen molar-refractivity contribution in [2.24, 2.45) is 11.8 Å². The number of likely N-dealkylation sites (tertiary alicyclic amines) is 1. The first-order valence-corrected chi connectivity index (χ1v) is 5.86. The maximum absolute atomic E-state index is 11.9. The minimum Gasteiger partial charge on any atom is -0.444 e. The van der Waals surface area contributed by atoms with Gasteiger partial charge in [-0.2, -0.15) is 0 Å². The average Bonchev–Trinajstić information content (AvgIpc) is 2.72. The van der Waals surface area contributed by atoms with E-state index in [2.05, 4.69) is 5.92 Å². The quantitative estimate of drug-likeness (QED) is 0.587. The molecule has 2 aliphatic rings. The van der Waals surface area contributed by atoms with Crippen LogP contribution in [-0.2, 0) is 4.74 Å². The highest BCUT2D eigenvalue weighted by atomic mass is 16.6. The summed E-state index contributed by atoms with van der Waals surface area (Å²) >= 11 is 0. The molecule has 0 unspecified atom stereocenters. The van der Waals surface area contributed by atoms with Crippen LogP contribution in [-0.4, -0.2) is 29.2 Å². The third-order valence-corrected chi connectivity index (χ3v) is 3.38. The van der Waals surface area contributed by atoms with Crippen molar-refractivity contribution in [2.75, 3.05) is 6.54 Å². The second-order valence-electron chi connectivity index (χ2n) is 5.79. The van der Waals surface area contributed by atoms with Crippen LogP contribution < -0.4 is 0 Å². The van der Waals surface area contributed by atoms with Crippen molar-refractivity contribution >= 4 is 6.09 Å². The van der Waals surface area contributed by atoms with Crippen LogP contribution >= 0.6 is 0 Å². The Kier molecular flexibility index (Phi) is 2.61. The highest BCUT2D eigenvalue weighted by molar-refractivity contribution is 5.69. The molecule has 0 N–H and O–H groups in total. The van der Waals surface area contributed by atoms with Gasteiger partial charge in [0, 0.05) is 18.5 Å². The third-order valence-electron chi connectivity index (χ3n) is 3.38. The Bertz CT molecular complexity index is 337. The SMILES string of the molecule is C#C[C@@H]1C[C@H]2C[C@@H]1CN2C(=O)OC(C)(C)C. The number of fused-ring (bicyclic) bond motifs is 2. The van der Waals surface area contributed by atoms with Crippen molar-refractivity contribution in [3.63, 3.8) is 0 Å². The molecule has 1 saturated carbocycles. The van der Waals surface area contributed by atoms with Gasteiger partial charge in [0.15, 0.2) is 0 Å². The molecule has 3 atom stereocenters. The highest BCUT2D eigenvalue weighted by Gasteiger charge is 2.46. The van der Waals surface area contributed by atoms with E-state index in [4.69, 9.17) is 11.2 Å². The monoisotopic (exact) mass is 221 g/mol. The molecule has 2 bridgehead atoms. The van der Waals surface area contributed by atoms with Gasteiger partial charge in [-0.15, -0.1) is 12.3 Å². The van der Waals surface area contributed by atoms with Gasteiger partial charge in [0.05, 0.1) is 0 Å². The molecule has 2 fully saturated rings. The van der Waals surface area contributed by atoms with E-state index in [0.29, 0.717) is 17.9 Å².